The molecule has 82 valence electrons. The van der Waals surface area contributed by atoms with Crippen LogP contribution in [0.5, 0.6) is 0 Å². The second-order valence-corrected chi connectivity index (χ2v) is 4.67. The Morgan fingerprint density at radius 2 is 1.86 bits per heavy atom. The van der Waals surface area contributed by atoms with Gasteiger partial charge in [-0.25, -0.2) is 0 Å². The zero-order valence-electron chi connectivity index (χ0n) is 9.53. The van der Waals surface area contributed by atoms with Gasteiger partial charge in [0.15, 0.2) is 0 Å². The van der Waals surface area contributed by atoms with Gasteiger partial charge in [0, 0.05) is 31.1 Å². The van der Waals surface area contributed by atoms with E-state index in [-0.39, 0.29) is 29.0 Å². The van der Waals surface area contributed by atoms with Crippen LogP contribution in [-0.4, -0.2) is 16.2 Å². The van der Waals surface area contributed by atoms with Crippen molar-refractivity contribution in [3.05, 3.63) is 10.1 Å². The van der Waals surface area contributed by atoms with E-state index in [1.54, 1.807) is 13.8 Å². The van der Waals surface area contributed by atoms with E-state index in [0.717, 1.165) is 0 Å². The summed E-state index contributed by atoms with van der Waals surface area (Å²) >= 11 is 0. The van der Waals surface area contributed by atoms with Crippen molar-refractivity contribution < 1.29 is 9.72 Å². The van der Waals surface area contributed by atoms with E-state index in [0.29, 0.717) is 0 Å². The van der Waals surface area contributed by atoms with Gasteiger partial charge >= 0.3 is 0 Å². The molecule has 0 aromatic heterocycles. The summed E-state index contributed by atoms with van der Waals surface area (Å²) in [6.45, 7) is 8.48. The molecule has 0 heterocycles. The van der Waals surface area contributed by atoms with Crippen LogP contribution in [0.1, 0.15) is 41.0 Å². The largest absolute Gasteiger partial charge is 0.300 e. The molecule has 0 rings (SSSR count). The van der Waals surface area contributed by atoms with Gasteiger partial charge in [-0.05, 0) is 12.8 Å². The fraction of sp³-hybridized carbons (Fsp3) is 0.900. The van der Waals surface area contributed by atoms with Crippen LogP contribution in [0, 0.1) is 22.0 Å². The molecular weight excluding hydrogens is 182 g/mol. The summed E-state index contributed by atoms with van der Waals surface area (Å²) in [6.07, 6.45) is 0.283. The lowest BCUT2D eigenvalue weighted by Crippen LogP contribution is -2.43. The summed E-state index contributed by atoms with van der Waals surface area (Å²) < 4.78 is 0. The van der Waals surface area contributed by atoms with Crippen LogP contribution in [0.15, 0.2) is 0 Å². The third kappa shape index (κ3) is 3.09. The first-order chi connectivity index (χ1) is 6.19. The standard InChI is InChI=1S/C10H19NO3/c1-7(2)9(6-8(3)12)10(4,5)11(13)14/h7,9H,6H2,1-5H3/t9-/m0/s1. The maximum absolute atomic E-state index is 11.0. The Hall–Kier alpha value is -0.930. The van der Waals surface area contributed by atoms with Gasteiger partial charge in [0.05, 0.1) is 0 Å². The first-order valence-corrected chi connectivity index (χ1v) is 4.83. The third-order valence-corrected chi connectivity index (χ3v) is 2.69. The average molecular weight is 201 g/mol. The minimum absolute atomic E-state index is 0.0126. The first-order valence-electron chi connectivity index (χ1n) is 4.83. The molecule has 0 aliphatic carbocycles. The molecule has 4 nitrogen and oxygen atoms in total. The van der Waals surface area contributed by atoms with Crippen molar-refractivity contribution in [2.45, 2.75) is 46.6 Å². The van der Waals surface area contributed by atoms with Gasteiger partial charge in [0.2, 0.25) is 5.54 Å². The molecular formula is C10H19NO3. The SMILES string of the molecule is CC(=O)C[C@@H](C(C)C)C(C)(C)[N+](=O)[O-]. The Labute approximate surface area is 84.8 Å². The Kier molecular flexibility index (Phi) is 4.23. The summed E-state index contributed by atoms with van der Waals surface area (Å²) in [6, 6.07) is 0. The lowest BCUT2D eigenvalue weighted by molar-refractivity contribution is -0.573. The molecule has 0 unspecified atom stereocenters. The number of carbonyl (C=O) groups is 1. The molecule has 1 atom stereocenters. The number of nitro groups is 1. The zero-order chi connectivity index (χ0) is 11.5. The maximum Gasteiger partial charge on any atom is 0.220 e. The van der Waals surface area contributed by atoms with Crippen LogP contribution in [-0.2, 0) is 4.79 Å². The number of hydrogen-bond donors (Lipinski definition) is 0. The molecule has 0 saturated heterocycles. The van der Waals surface area contributed by atoms with E-state index < -0.39 is 5.54 Å². The maximum atomic E-state index is 11.0. The topological polar surface area (TPSA) is 60.2 Å². The smallest absolute Gasteiger partial charge is 0.220 e. The Balaban J connectivity index is 4.81. The summed E-state index contributed by atoms with van der Waals surface area (Å²) in [5, 5.41) is 10.8. The summed E-state index contributed by atoms with van der Waals surface area (Å²) in [4.78, 5) is 21.6. The predicted molar refractivity (Wildman–Crippen MR) is 54.7 cm³/mol. The van der Waals surface area contributed by atoms with Crippen molar-refractivity contribution in [2.24, 2.45) is 11.8 Å². The number of carbonyl (C=O) groups excluding carboxylic acids is 1. The van der Waals surface area contributed by atoms with Crippen molar-refractivity contribution in [3.8, 4) is 0 Å². The number of nitrogens with zero attached hydrogens (tertiary/aromatic N) is 1. The van der Waals surface area contributed by atoms with E-state index in [1.165, 1.54) is 6.92 Å². The van der Waals surface area contributed by atoms with Crippen LogP contribution in [0.4, 0.5) is 0 Å². The molecule has 0 aromatic carbocycles. The van der Waals surface area contributed by atoms with Crippen LogP contribution in [0.25, 0.3) is 0 Å². The molecule has 0 saturated carbocycles. The first kappa shape index (κ1) is 13.1. The second kappa shape index (κ2) is 4.53. The highest BCUT2D eigenvalue weighted by Crippen LogP contribution is 2.30. The van der Waals surface area contributed by atoms with E-state index in [9.17, 15) is 14.9 Å². The Bertz CT molecular complexity index is 234. The summed E-state index contributed by atoms with van der Waals surface area (Å²) in [5.41, 5.74) is -1.03. The number of ketones is 1. The highest BCUT2D eigenvalue weighted by molar-refractivity contribution is 5.75. The molecule has 0 aromatic rings. The van der Waals surface area contributed by atoms with Crippen molar-refractivity contribution >= 4 is 5.78 Å². The quantitative estimate of drug-likeness (QED) is 0.506. The van der Waals surface area contributed by atoms with Gasteiger partial charge in [-0.2, -0.15) is 0 Å². The fourth-order valence-electron chi connectivity index (χ4n) is 1.75. The summed E-state index contributed by atoms with van der Waals surface area (Å²) in [5.74, 6) is -0.0482. The molecule has 0 aliphatic rings. The van der Waals surface area contributed by atoms with E-state index in [4.69, 9.17) is 0 Å². The van der Waals surface area contributed by atoms with Gasteiger partial charge in [-0.1, -0.05) is 13.8 Å². The second-order valence-electron chi connectivity index (χ2n) is 4.67. The highest BCUT2D eigenvalue weighted by Gasteiger charge is 2.42. The summed E-state index contributed by atoms with van der Waals surface area (Å²) in [7, 11) is 0. The van der Waals surface area contributed by atoms with Crippen molar-refractivity contribution in [2.75, 3.05) is 0 Å². The molecule has 0 amide bonds. The van der Waals surface area contributed by atoms with E-state index in [1.807, 2.05) is 13.8 Å². The molecule has 0 fully saturated rings. The van der Waals surface area contributed by atoms with E-state index in [2.05, 4.69) is 0 Å². The number of rotatable bonds is 5. The highest BCUT2D eigenvalue weighted by atomic mass is 16.6. The zero-order valence-corrected chi connectivity index (χ0v) is 9.53. The van der Waals surface area contributed by atoms with Crippen LogP contribution in [0.3, 0.4) is 0 Å². The minimum Gasteiger partial charge on any atom is -0.300 e. The molecule has 0 bridgehead atoms. The number of hydrogen-bond acceptors (Lipinski definition) is 3. The molecule has 0 spiro atoms. The minimum atomic E-state index is -1.03. The monoisotopic (exact) mass is 201 g/mol. The van der Waals surface area contributed by atoms with Gasteiger partial charge in [-0.3, -0.25) is 10.1 Å². The molecule has 0 aliphatic heterocycles. The molecule has 0 radical (unpaired) electrons. The fourth-order valence-corrected chi connectivity index (χ4v) is 1.75. The van der Waals surface area contributed by atoms with Gasteiger partial charge in [0.1, 0.15) is 5.78 Å². The molecule has 14 heavy (non-hydrogen) atoms. The predicted octanol–water partition coefficient (Wildman–Crippen LogP) is 2.29. The van der Waals surface area contributed by atoms with Gasteiger partial charge in [0.25, 0.3) is 0 Å². The average Bonchev–Trinajstić information content (AvgIpc) is 1.98. The normalized spacial score (nSPS) is 14.1. The third-order valence-electron chi connectivity index (χ3n) is 2.69. The Morgan fingerprint density at radius 1 is 1.43 bits per heavy atom. The van der Waals surface area contributed by atoms with Crippen molar-refractivity contribution in [1.82, 2.24) is 0 Å². The number of Topliss-reactive ketones (excluding diaryl/α,β-unsaturated/α-hetero) is 1. The van der Waals surface area contributed by atoms with Crippen LogP contribution >= 0.6 is 0 Å². The van der Waals surface area contributed by atoms with Crippen molar-refractivity contribution in [3.63, 3.8) is 0 Å². The van der Waals surface area contributed by atoms with Crippen LogP contribution in [0.2, 0.25) is 0 Å². The van der Waals surface area contributed by atoms with E-state index >= 15 is 0 Å². The Morgan fingerprint density at radius 3 is 2.07 bits per heavy atom. The van der Waals surface area contributed by atoms with Gasteiger partial charge in [-0.15, -0.1) is 0 Å². The van der Waals surface area contributed by atoms with Crippen LogP contribution < -0.4 is 0 Å². The van der Waals surface area contributed by atoms with Gasteiger partial charge < -0.3 is 4.79 Å². The lowest BCUT2D eigenvalue weighted by atomic mass is 9.77. The van der Waals surface area contributed by atoms with Crippen molar-refractivity contribution in [1.29, 1.82) is 0 Å². The molecule has 0 N–H and O–H groups in total. The molecule has 4 heteroatoms. The lowest BCUT2D eigenvalue weighted by Gasteiger charge is -2.28.